The van der Waals surface area contributed by atoms with Crippen molar-refractivity contribution >= 4 is 5.78 Å². The van der Waals surface area contributed by atoms with Crippen LogP contribution in [0.2, 0.25) is 0 Å². The van der Waals surface area contributed by atoms with Gasteiger partial charge < -0.3 is 9.47 Å². The number of ether oxygens (including phenoxy) is 2. The van der Waals surface area contributed by atoms with Gasteiger partial charge in [-0.25, -0.2) is 0 Å². The molecule has 1 heterocycles. The molecule has 19 heavy (non-hydrogen) atoms. The third kappa shape index (κ3) is 3.39. The van der Waals surface area contributed by atoms with Crippen molar-refractivity contribution in [2.45, 2.75) is 0 Å². The van der Waals surface area contributed by atoms with Crippen LogP contribution in [-0.4, -0.2) is 31.1 Å². The molecule has 0 spiro atoms. The van der Waals surface area contributed by atoms with Crippen molar-refractivity contribution in [2.24, 2.45) is 0 Å². The van der Waals surface area contributed by atoms with Crippen molar-refractivity contribution in [3.8, 4) is 5.75 Å². The number of carbonyl (C=O) groups is 1. The second-order valence-corrected chi connectivity index (χ2v) is 3.90. The lowest BCUT2D eigenvalue weighted by atomic mass is 10.0. The van der Waals surface area contributed by atoms with Crippen molar-refractivity contribution in [2.75, 3.05) is 20.3 Å². The van der Waals surface area contributed by atoms with E-state index in [4.69, 9.17) is 9.47 Å². The number of benzene rings is 1. The van der Waals surface area contributed by atoms with Crippen molar-refractivity contribution in [1.82, 2.24) is 4.98 Å². The average Bonchev–Trinajstić information content (AvgIpc) is 2.48. The van der Waals surface area contributed by atoms with Gasteiger partial charge in [0.1, 0.15) is 12.4 Å². The number of ketones is 1. The third-order valence-corrected chi connectivity index (χ3v) is 2.62. The maximum Gasteiger partial charge on any atom is 0.196 e. The van der Waals surface area contributed by atoms with E-state index in [-0.39, 0.29) is 5.78 Å². The molecule has 2 aromatic rings. The Hall–Kier alpha value is -2.20. The van der Waals surface area contributed by atoms with Gasteiger partial charge in [0.15, 0.2) is 5.78 Å². The molecule has 4 nitrogen and oxygen atoms in total. The number of para-hydroxylation sites is 1. The van der Waals surface area contributed by atoms with Crippen LogP contribution in [0.4, 0.5) is 0 Å². The Bertz CT molecular complexity index is 540. The first-order valence-corrected chi connectivity index (χ1v) is 5.98. The minimum absolute atomic E-state index is 0.0737. The fraction of sp³-hybridized carbons (Fsp3) is 0.200. The maximum absolute atomic E-state index is 12.4. The SMILES string of the molecule is COCCOc1ccccc1C(=O)c1ccncc1. The lowest BCUT2D eigenvalue weighted by Gasteiger charge is -2.10. The average molecular weight is 257 g/mol. The van der Waals surface area contributed by atoms with Gasteiger partial charge in [0.25, 0.3) is 0 Å². The molecule has 0 aliphatic heterocycles. The maximum atomic E-state index is 12.4. The molecule has 1 aromatic carbocycles. The zero-order valence-corrected chi connectivity index (χ0v) is 10.7. The summed E-state index contributed by atoms with van der Waals surface area (Å²) in [6.45, 7) is 0.898. The number of aromatic nitrogens is 1. The Kier molecular flexibility index (Phi) is 4.64. The van der Waals surface area contributed by atoms with Gasteiger partial charge in [-0.15, -0.1) is 0 Å². The van der Waals surface area contributed by atoms with Crippen LogP contribution in [0.1, 0.15) is 15.9 Å². The largest absolute Gasteiger partial charge is 0.490 e. The zero-order valence-electron chi connectivity index (χ0n) is 10.7. The smallest absolute Gasteiger partial charge is 0.196 e. The van der Waals surface area contributed by atoms with E-state index in [0.29, 0.717) is 30.1 Å². The Morgan fingerprint density at radius 3 is 2.58 bits per heavy atom. The summed E-state index contributed by atoms with van der Waals surface area (Å²) in [5.74, 6) is 0.497. The molecule has 0 bridgehead atoms. The minimum atomic E-state index is -0.0737. The zero-order chi connectivity index (χ0) is 13.5. The summed E-state index contributed by atoms with van der Waals surface area (Å²) >= 11 is 0. The first kappa shape index (κ1) is 13.2. The first-order chi connectivity index (χ1) is 9.33. The number of hydrogen-bond acceptors (Lipinski definition) is 4. The second kappa shape index (κ2) is 6.66. The molecule has 0 aliphatic carbocycles. The van der Waals surface area contributed by atoms with Gasteiger partial charge in [-0.3, -0.25) is 9.78 Å². The molecule has 0 N–H and O–H groups in total. The molecule has 0 amide bonds. The number of methoxy groups -OCH3 is 1. The molecule has 0 saturated heterocycles. The van der Waals surface area contributed by atoms with Gasteiger partial charge in [-0.05, 0) is 24.3 Å². The van der Waals surface area contributed by atoms with Crippen LogP contribution in [-0.2, 0) is 4.74 Å². The molecule has 1 aromatic heterocycles. The van der Waals surface area contributed by atoms with Crippen molar-refractivity contribution in [3.05, 3.63) is 59.9 Å². The lowest BCUT2D eigenvalue weighted by molar-refractivity contribution is 0.103. The number of hydrogen-bond donors (Lipinski definition) is 0. The highest BCUT2D eigenvalue weighted by Crippen LogP contribution is 2.21. The number of pyridine rings is 1. The van der Waals surface area contributed by atoms with Crippen LogP contribution in [0.25, 0.3) is 0 Å². The first-order valence-electron chi connectivity index (χ1n) is 5.98. The van der Waals surface area contributed by atoms with Crippen LogP contribution in [0.5, 0.6) is 5.75 Å². The van der Waals surface area contributed by atoms with Crippen LogP contribution >= 0.6 is 0 Å². The Morgan fingerprint density at radius 2 is 1.84 bits per heavy atom. The van der Waals surface area contributed by atoms with E-state index in [0.717, 1.165) is 0 Å². The number of rotatable bonds is 6. The van der Waals surface area contributed by atoms with E-state index in [2.05, 4.69) is 4.98 Å². The standard InChI is InChI=1S/C15H15NO3/c1-18-10-11-19-14-5-3-2-4-13(14)15(17)12-6-8-16-9-7-12/h2-9H,10-11H2,1H3. The summed E-state index contributed by atoms with van der Waals surface area (Å²) in [5.41, 5.74) is 1.14. The van der Waals surface area contributed by atoms with Crippen LogP contribution in [0.15, 0.2) is 48.8 Å². The highest BCUT2D eigenvalue weighted by Gasteiger charge is 2.13. The van der Waals surface area contributed by atoms with Gasteiger partial charge in [0.2, 0.25) is 0 Å². The molecule has 0 aliphatic rings. The van der Waals surface area contributed by atoms with E-state index >= 15 is 0 Å². The molecule has 0 fully saturated rings. The summed E-state index contributed by atoms with van der Waals surface area (Å²) in [6.07, 6.45) is 3.20. The highest BCUT2D eigenvalue weighted by molar-refractivity contribution is 6.10. The van der Waals surface area contributed by atoms with E-state index in [9.17, 15) is 4.79 Å². The molecule has 0 unspecified atom stereocenters. The molecular weight excluding hydrogens is 242 g/mol. The summed E-state index contributed by atoms with van der Waals surface area (Å²) in [4.78, 5) is 16.3. The topological polar surface area (TPSA) is 48.4 Å². The third-order valence-electron chi connectivity index (χ3n) is 2.62. The fourth-order valence-corrected chi connectivity index (χ4v) is 1.67. The van der Waals surface area contributed by atoms with Gasteiger partial charge in [0, 0.05) is 25.1 Å². The quantitative estimate of drug-likeness (QED) is 0.588. The van der Waals surface area contributed by atoms with Crippen molar-refractivity contribution in [3.63, 3.8) is 0 Å². The Balaban J connectivity index is 2.22. The second-order valence-electron chi connectivity index (χ2n) is 3.90. The van der Waals surface area contributed by atoms with Gasteiger partial charge >= 0.3 is 0 Å². The van der Waals surface area contributed by atoms with E-state index in [1.54, 1.807) is 43.8 Å². The summed E-state index contributed by atoms with van der Waals surface area (Å²) in [6, 6.07) is 10.6. The van der Waals surface area contributed by atoms with Crippen LogP contribution in [0, 0.1) is 0 Å². The van der Waals surface area contributed by atoms with E-state index in [1.165, 1.54) is 0 Å². The highest BCUT2D eigenvalue weighted by atomic mass is 16.5. The number of nitrogens with zero attached hydrogens (tertiary/aromatic N) is 1. The molecule has 0 radical (unpaired) electrons. The Labute approximate surface area is 112 Å². The molecule has 0 atom stereocenters. The van der Waals surface area contributed by atoms with Gasteiger partial charge in [-0.2, -0.15) is 0 Å². The summed E-state index contributed by atoms with van der Waals surface area (Å²) in [5, 5.41) is 0. The van der Waals surface area contributed by atoms with Crippen LogP contribution in [0.3, 0.4) is 0 Å². The summed E-state index contributed by atoms with van der Waals surface area (Å²) in [7, 11) is 1.61. The fourth-order valence-electron chi connectivity index (χ4n) is 1.67. The van der Waals surface area contributed by atoms with E-state index in [1.807, 2.05) is 12.1 Å². The normalized spacial score (nSPS) is 10.2. The van der Waals surface area contributed by atoms with Gasteiger partial charge in [-0.1, -0.05) is 12.1 Å². The Morgan fingerprint density at radius 1 is 1.11 bits per heavy atom. The molecule has 2 rings (SSSR count). The molecule has 4 heteroatoms. The molecule has 0 saturated carbocycles. The number of carbonyl (C=O) groups excluding carboxylic acids is 1. The minimum Gasteiger partial charge on any atom is -0.490 e. The van der Waals surface area contributed by atoms with E-state index < -0.39 is 0 Å². The summed E-state index contributed by atoms with van der Waals surface area (Å²) < 4.78 is 10.5. The van der Waals surface area contributed by atoms with Crippen molar-refractivity contribution in [1.29, 1.82) is 0 Å². The van der Waals surface area contributed by atoms with Gasteiger partial charge in [0.05, 0.1) is 12.2 Å². The molecular formula is C15H15NO3. The molecule has 98 valence electrons. The predicted octanol–water partition coefficient (Wildman–Crippen LogP) is 2.34. The monoisotopic (exact) mass is 257 g/mol. The van der Waals surface area contributed by atoms with Crippen LogP contribution < -0.4 is 4.74 Å². The van der Waals surface area contributed by atoms with Crippen molar-refractivity contribution < 1.29 is 14.3 Å². The predicted molar refractivity (Wildman–Crippen MR) is 71.5 cm³/mol. The lowest BCUT2D eigenvalue weighted by Crippen LogP contribution is -2.09.